The number of rotatable bonds is 12. The number of hydrogen-bond donors (Lipinski definition) is 3. The summed E-state index contributed by atoms with van der Waals surface area (Å²) >= 11 is 2.96. The van der Waals surface area contributed by atoms with Crippen LogP contribution in [-0.2, 0) is 22.5 Å². The van der Waals surface area contributed by atoms with E-state index in [1.54, 1.807) is 29.3 Å². The van der Waals surface area contributed by atoms with Crippen LogP contribution in [0.25, 0.3) is 0 Å². The third-order valence-electron chi connectivity index (χ3n) is 4.38. The number of anilines is 2. The molecule has 1 aromatic heterocycles. The molecule has 0 saturated carbocycles. The normalized spacial score (nSPS) is 10.7. The lowest BCUT2D eigenvalue weighted by atomic mass is 10.1. The van der Waals surface area contributed by atoms with Gasteiger partial charge in [0.15, 0.2) is 5.13 Å². The van der Waals surface area contributed by atoms with Crippen LogP contribution >= 0.6 is 23.1 Å². The van der Waals surface area contributed by atoms with Gasteiger partial charge in [-0.15, -0.1) is 23.1 Å². The smallest absolute Gasteiger partial charge is 0.309 e. The summed E-state index contributed by atoms with van der Waals surface area (Å²) in [5, 5.41) is 17.0. The van der Waals surface area contributed by atoms with Crippen molar-refractivity contribution in [2.45, 2.75) is 24.8 Å². The zero-order valence-corrected chi connectivity index (χ0v) is 19.3. The van der Waals surface area contributed by atoms with Crippen LogP contribution in [-0.4, -0.2) is 40.9 Å². The number of hydrogen-bond acceptors (Lipinski definition) is 7. The monoisotopic (exact) mass is 471 g/mol. The van der Waals surface area contributed by atoms with Crippen LogP contribution < -0.4 is 10.6 Å². The van der Waals surface area contributed by atoms with Crippen molar-refractivity contribution in [1.29, 1.82) is 0 Å². The lowest BCUT2D eigenvalue weighted by Gasteiger charge is -2.12. The maximum atomic E-state index is 12.4. The summed E-state index contributed by atoms with van der Waals surface area (Å²) in [5.74, 6) is -0.339. The molecule has 0 saturated heterocycles. The molecule has 3 aromatic rings. The zero-order chi connectivity index (χ0) is 22.8. The largest absolute Gasteiger partial charge is 0.481 e. The van der Waals surface area contributed by atoms with Crippen LogP contribution in [0.15, 0.2) is 58.8 Å². The first-order valence-corrected chi connectivity index (χ1v) is 12.0. The van der Waals surface area contributed by atoms with E-state index in [4.69, 9.17) is 9.84 Å². The topological polar surface area (TPSA) is 101 Å². The first-order valence-electron chi connectivity index (χ1n) is 10.1. The summed E-state index contributed by atoms with van der Waals surface area (Å²) < 4.78 is 5.41. The second-order valence-corrected chi connectivity index (χ2v) is 8.76. The number of benzene rings is 2. The molecule has 0 radical (unpaired) electrons. The maximum Gasteiger partial charge on any atom is 0.309 e. The number of ether oxygens (including phenoxy) is 1. The van der Waals surface area contributed by atoms with Crippen molar-refractivity contribution < 1.29 is 19.4 Å². The predicted octanol–water partition coefficient (Wildman–Crippen LogP) is 4.76. The summed E-state index contributed by atoms with van der Waals surface area (Å²) in [7, 11) is 0. The summed E-state index contributed by atoms with van der Waals surface area (Å²) in [5.41, 5.74) is 3.05. The summed E-state index contributed by atoms with van der Waals surface area (Å²) in [6, 6.07) is 15.5. The van der Waals surface area contributed by atoms with Gasteiger partial charge in [-0.05, 0) is 36.8 Å². The summed E-state index contributed by atoms with van der Waals surface area (Å²) in [4.78, 5) is 28.5. The molecule has 0 aliphatic rings. The summed E-state index contributed by atoms with van der Waals surface area (Å²) in [6.45, 7) is 4.08. The Morgan fingerprint density at radius 2 is 1.94 bits per heavy atom. The molecule has 0 bridgehead atoms. The minimum absolute atomic E-state index is 0.164. The van der Waals surface area contributed by atoms with Gasteiger partial charge in [-0.25, -0.2) is 4.98 Å². The minimum atomic E-state index is -0.955. The molecular weight excluding hydrogens is 446 g/mol. The van der Waals surface area contributed by atoms with Crippen molar-refractivity contribution in [3.63, 3.8) is 0 Å². The number of aliphatic carboxylic acids is 1. The van der Waals surface area contributed by atoms with Gasteiger partial charge in [0.25, 0.3) is 5.91 Å². The molecule has 2 aromatic carbocycles. The van der Waals surface area contributed by atoms with Gasteiger partial charge in [0.2, 0.25) is 0 Å². The zero-order valence-electron chi connectivity index (χ0n) is 17.7. The van der Waals surface area contributed by atoms with Crippen LogP contribution in [0.1, 0.15) is 28.5 Å². The van der Waals surface area contributed by atoms with Crippen molar-refractivity contribution in [3.05, 3.63) is 70.7 Å². The second-order valence-electron chi connectivity index (χ2n) is 6.76. The van der Waals surface area contributed by atoms with Crippen LogP contribution in [0.3, 0.4) is 0 Å². The highest BCUT2D eigenvalue weighted by Crippen LogP contribution is 2.27. The number of carboxylic acid groups (broad SMARTS) is 1. The maximum absolute atomic E-state index is 12.4. The van der Waals surface area contributed by atoms with Crippen molar-refractivity contribution >= 4 is 45.8 Å². The van der Waals surface area contributed by atoms with E-state index in [0.29, 0.717) is 22.9 Å². The molecule has 7 nitrogen and oxygen atoms in total. The highest BCUT2D eigenvalue weighted by molar-refractivity contribution is 7.99. The molecule has 1 heterocycles. The van der Waals surface area contributed by atoms with Crippen molar-refractivity contribution in [2.75, 3.05) is 29.6 Å². The van der Waals surface area contributed by atoms with E-state index in [9.17, 15) is 9.59 Å². The van der Waals surface area contributed by atoms with E-state index in [1.165, 1.54) is 16.2 Å². The fraction of sp³-hybridized carbons (Fsp3) is 0.261. The number of thioether (sulfide) groups is 1. The number of nitrogens with zero attached hydrogens (tertiary/aromatic N) is 1. The molecular formula is C23H25N3O4S2. The highest BCUT2D eigenvalue weighted by atomic mass is 32.2. The van der Waals surface area contributed by atoms with E-state index in [1.807, 2.05) is 31.2 Å². The molecule has 3 N–H and O–H groups in total. The SMILES string of the molecule is CCOCCSc1ccccc1NCc1ccc(C(=O)Nc2nc(CC(=O)O)cs2)cc1. The number of aromatic nitrogens is 1. The van der Waals surface area contributed by atoms with Gasteiger partial charge in [0.05, 0.1) is 18.7 Å². The Kier molecular flexibility index (Phi) is 9.09. The van der Waals surface area contributed by atoms with Crippen LogP contribution in [0.5, 0.6) is 0 Å². The van der Waals surface area contributed by atoms with Crippen molar-refractivity contribution in [1.82, 2.24) is 4.98 Å². The van der Waals surface area contributed by atoms with Crippen LogP contribution in [0, 0.1) is 0 Å². The van der Waals surface area contributed by atoms with E-state index >= 15 is 0 Å². The molecule has 0 atom stereocenters. The molecule has 0 fully saturated rings. The Morgan fingerprint density at radius 3 is 2.69 bits per heavy atom. The van der Waals surface area contributed by atoms with Gasteiger partial charge in [-0.3, -0.25) is 14.9 Å². The number of amides is 1. The fourth-order valence-corrected chi connectivity index (χ4v) is 4.43. The van der Waals surface area contributed by atoms with Gasteiger partial charge in [0.1, 0.15) is 0 Å². The number of carbonyl (C=O) groups excluding carboxylic acids is 1. The van der Waals surface area contributed by atoms with E-state index in [2.05, 4.69) is 27.8 Å². The molecule has 0 spiro atoms. The van der Waals surface area contributed by atoms with E-state index in [-0.39, 0.29) is 12.3 Å². The first kappa shape index (κ1) is 23.8. The molecule has 3 rings (SSSR count). The Morgan fingerprint density at radius 1 is 1.16 bits per heavy atom. The van der Waals surface area contributed by atoms with Gasteiger partial charge < -0.3 is 15.2 Å². The highest BCUT2D eigenvalue weighted by Gasteiger charge is 2.11. The first-order chi connectivity index (χ1) is 15.5. The Hall–Kier alpha value is -2.88. The molecule has 0 unspecified atom stereocenters. The third kappa shape index (κ3) is 7.37. The van der Waals surface area contributed by atoms with Crippen molar-refractivity contribution in [2.24, 2.45) is 0 Å². The molecule has 168 valence electrons. The average molecular weight is 472 g/mol. The van der Waals surface area contributed by atoms with Gasteiger partial charge in [-0.2, -0.15) is 0 Å². The number of carboxylic acids is 1. The lowest BCUT2D eigenvalue weighted by molar-refractivity contribution is -0.136. The Labute approximate surface area is 195 Å². The van der Waals surface area contributed by atoms with Crippen LogP contribution in [0.4, 0.5) is 10.8 Å². The number of thiazole rings is 1. The molecule has 1 amide bonds. The summed E-state index contributed by atoms with van der Waals surface area (Å²) in [6.07, 6.45) is -0.164. The Bertz CT molecular complexity index is 1040. The van der Waals surface area contributed by atoms with E-state index < -0.39 is 5.97 Å². The predicted molar refractivity (Wildman–Crippen MR) is 129 cm³/mol. The molecule has 0 aliphatic heterocycles. The van der Waals surface area contributed by atoms with Crippen molar-refractivity contribution in [3.8, 4) is 0 Å². The number of nitrogens with one attached hydrogen (secondary N) is 2. The Balaban J connectivity index is 1.53. The minimum Gasteiger partial charge on any atom is -0.481 e. The number of carbonyl (C=O) groups is 2. The molecule has 0 aliphatic carbocycles. The molecule has 32 heavy (non-hydrogen) atoms. The van der Waals surface area contributed by atoms with Gasteiger partial charge in [-0.1, -0.05) is 24.3 Å². The third-order valence-corrected chi connectivity index (χ3v) is 6.22. The van der Waals surface area contributed by atoms with Crippen LogP contribution in [0.2, 0.25) is 0 Å². The average Bonchev–Trinajstić information content (AvgIpc) is 3.22. The van der Waals surface area contributed by atoms with Gasteiger partial charge in [0, 0.05) is 40.4 Å². The lowest BCUT2D eigenvalue weighted by Crippen LogP contribution is -2.12. The second kappa shape index (κ2) is 12.2. The fourth-order valence-electron chi connectivity index (χ4n) is 2.83. The molecule has 9 heteroatoms. The standard InChI is InChI=1S/C23H25N3O4S2/c1-2-30-11-12-31-20-6-4-3-5-19(20)24-14-16-7-9-17(10-8-16)22(29)26-23-25-18(15-32-23)13-21(27)28/h3-10,15,24H,2,11-14H2,1H3,(H,27,28)(H,25,26,29). The number of para-hydroxylation sites is 1. The quantitative estimate of drug-likeness (QED) is 0.259. The van der Waals surface area contributed by atoms with Gasteiger partial charge >= 0.3 is 5.97 Å². The van der Waals surface area contributed by atoms with E-state index in [0.717, 1.165) is 30.2 Å².